The first-order valence-corrected chi connectivity index (χ1v) is 10.1. The highest BCUT2D eigenvalue weighted by Gasteiger charge is 2.35. The van der Waals surface area contributed by atoms with Crippen molar-refractivity contribution in [2.75, 3.05) is 4.90 Å². The van der Waals surface area contributed by atoms with Crippen molar-refractivity contribution in [3.63, 3.8) is 0 Å². The van der Waals surface area contributed by atoms with E-state index >= 15 is 0 Å². The Morgan fingerprint density at radius 3 is 2.27 bits per heavy atom. The molecule has 3 aromatic rings. The Morgan fingerprint density at radius 2 is 1.57 bits per heavy atom. The number of anilines is 1. The van der Waals surface area contributed by atoms with Gasteiger partial charge in [0, 0.05) is 27.1 Å². The van der Waals surface area contributed by atoms with Crippen molar-refractivity contribution in [1.82, 2.24) is 9.88 Å². The van der Waals surface area contributed by atoms with Crippen LogP contribution in [-0.4, -0.2) is 16.5 Å². The number of imide groups is 1. The molecule has 30 heavy (non-hydrogen) atoms. The molecular weight excluding hydrogens is 421 g/mol. The zero-order valence-electron chi connectivity index (χ0n) is 16.7. The smallest absolute Gasteiger partial charge is 0.318 e. The first kappa shape index (κ1) is 20.3. The number of carbonyl (C=O) groups excluding carboxylic acids is 2. The van der Waals surface area contributed by atoms with E-state index < -0.39 is 11.9 Å². The molecule has 5 nitrogen and oxygen atoms in total. The quantitative estimate of drug-likeness (QED) is 0.413. The molecule has 0 spiro atoms. The van der Waals surface area contributed by atoms with Crippen molar-refractivity contribution in [1.29, 1.82) is 0 Å². The average Bonchev–Trinajstić information content (AvgIpc) is 3.13. The van der Waals surface area contributed by atoms with Gasteiger partial charge in [0.25, 0.3) is 5.91 Å². The number of benzene rings is 2. The third kappa shape index (κ3) is 3.51. The summed E-state index contributed by atoms with van der Waals surface area (Å²) in [5.74, 6) is -0.411. The fraction of sp³-hybridized carbons (Fsp3) is 0.130. The Bertz CT molecular complexity index is 1210. The van der Waals surface area contributed by atoms with Gasteiger partial charge in [-0.2, -0.15) is 0 Å². The van der Waals surface area contributed by atoms with Gasteiger partial charge in [-0.25, -0.2) is 9.69 Å². The lowest BCUT2D eigenvalue weighted by Gasteiger charge is -2.13. The number of urea groups is 1. The molecule has 2 aromatic carbocycles. The molecule has 0 bridgehead atoms. The third-order valence-corrected chi connectivity index (χ3v) is 5.63. The van der Waals surface area contributed by atoms with Crippen LogP contribution in [-0.2, 0) is 4.79 Å². The summed E-state index contributed by atoms with van der Waals surface area (Å²) in [6.07, 6.45) is 1.70. The average molecular weight is 440 g/mol. The van der Waals surface area contributed by atoms with Crippen LogP contribution in [0.2, 0.25) is 10.0 Å². The van der Waals surface area contributed by atoms with Crippen molar-refractivity contribution < 1.29 is 9.59 Å². The lowest BCUT2D eigenvalue weighted by molar-refractivity contribution is -0.113. The van der Waals surface area contributed by atoms with E-state index in [9.17, 15) is 9.59 Å². The molecule has 0 atom stereocenters. The van der Waals surface area contributed by atoms with Gasteiger partial charge in [-0.1, -0.05) is 29.3 Å². The molecule has 0 radical (unpaired) electrons. The normalized spacial score (nSPS) is 15.2. The summed E-state index contributed by atoms with van der Waals surface area (Å²) in [6, 6.07) is 13.8. The molecule has 1 N–H and O–H groups in total. The molecule has 0 aliphatic carbocycles. The van der Waals surface area contributed by atoms with Gasteiger partial charge in [0.05, 0.1) is 5.69 Å². The SMILES string of the molecule is Cc1ccc(Cl)cc1-n1c(C)cc(/C=C2/NC(=O)N(c3ccc(Cl)cc3)C2=O)c1C. The molecule has 4 rings (SSSR count). The molecule has 0 saturated carbocycles. The standard InChI is InChI=1S/C23H19Cl2N3O2/c1-13-4-5-18(25)12-21(13)27-14(2)10-16(15(27)3)11-20-22(29)28(23(30)26-20)19-8-6-17(24)7-9-19/h4-12H,1-3H3,(H,26,30)/b20-11+. The van der Waals surface area contributed by atoms with Crippen molar-refractivity contribution in [3.8, 4) is 5.69 Å². The summed E-state index contributed by atoms with van der Waals surface area (Å²) in [7, 11) is 0. The summed E-state index contributed by atoms with van der Waals surface area (Å²) in [4.78, 5) is 26.4. The summed E-state index contributed by atoms with van der Waals surface area (Å²) in [6.45, 7) is 5.98. The highest BCUT2D eigenvalue weighted by atomic mass is 35.5. The van der Waals surface area contributed by atoms with Gasteiger partial charge >= 0.3 is 6.03 Å². The zero-order chi connectivity index (χ0) is 21.6. The van der Waals surface area contributed by atoms with Crippen LogP contribution in [0.5, 0.6) is 0 Å². The number of rotatable bonds is 3. The number of nitrogens with zero attached hydrogens (tertiary/aromatic N) is 2. The van der Waals surface area contributed by atoms with E-state index in [4.69, 9.17) is 23.2 Å². The van der Waals surface area contributed by atoms with Crippen molar-refractivity contribution in [2.24, 2.45) is 0 Å². The molecule has 1 aliphatic heterocycles. The number of aromatic nitrogens is 1. The van der Waals surface area contributed by atoms with Crippen LogP contribution in [0.25, 0.3) is 11.8 Å². The summed E-state index contributed by atoms with van der Waals surface area (Å²) >= 11 is 12.1. The second-order valence-corrected chi connectivity index (χ2v) is 8.07. The summed E-state index contributed by atoms with van der Waals surface area (Å²) < 4.78 is 2.09. The molecule has 152 valence electrons. The van der Waals surface area contributed by atoms with E-state index in [0.29, 0.717) is 15.7 Å². The van der Waals surface area contributed by atoms with Crippen LogP contribution in [0, 0.1) is 20.8 Å². The van der Waals surface area contributed by atoms with Crippen molar-refractivity contribution >= 4 is 46.9 Å². The maximum atomic E-state index is 12.9. The van der Waals surface area contributed by atoms with Crippen LogP contribution < -0.4 is 10.2 Å². The number of aryl methyl sites for hydroxylation is 2. The number of hydrogen-bond donors (Lipinski definition) is 1. The molecule has 1 aliphatic rings. The minimum atomic E-state index is -0.493. The first-order valence-electron chi connectivity index (χ1n) is 9.34. The van der Waals surface area contributed by atoms with Crippen molar-refractivity contribution in [3.05, 3.63) is 86.8 Å². The number of halogens is 2. The van der Waals surface area contributed by atoms with Gasteiger partial charge in [-0.15, -0.1) is 0 Å². The van der Waals surface area contributed by atoms with Gasteiger partial charge in [-0.3, -0.25) is 4.79 Å². The Hall–Kier alpha value is -3.02. The second-order valence-electron chi connectivity index (χ2n) is 7.20. The third-order valence-electron chi connectivity index (χ3n) is 5.15. The van der Waals surface area contributed by atoms with Gasteiger partial charge in [0.1, 0.15) is 5.70 Å². The minimum Gasteiger partial charge on any atom is -0.318 e. The van der Waals surface area contributed by atoms with E-state index in [2.05, 4.69) is 9.88 Å². The fourth-order valence-corrected chi connectivity index (χ4v) is 3.94. The Kier molecular flexibility index (Phi) is 5.18. The predicted octanol–water partition coefficient (Wildman–Crippen LogP) is 5.81. The van der Waals surface area contributed by atoms with Crippen molar-refractivity contribution in [2.45, 2.75) is 20.8 Å². The molecule has 3 amide bonds. The summed E-state index contributed by atoms with van der Waals surface area (Å²) in [5.41, 5.74) is 5.52. The van der Waals surface area contributed by atoms with Crippen LogP contribution >= 0.6 is 23.2 Å². The molecular formula is C23H19Cl2N3O2. The Labute approximate surface area is 184 Å². The monoisotopic (exact) mass is 439 g/mol. The maximum Gasteiger partial charge on any atom is 0.333 e. The predicted molar refractivity (Wildman–Crippen MR) is 120 cm³/mol. The van der Waals surface area contributed by atoms with Gasteiger partial charge in [0.2, 0.25) is 0 Å². The molecule has 1 aromatic heterocycles. The molecule has 7 heteroatoms. The van der Waals surface area contributed by atoms with E-state index in [1.54, 1.807) is 30.3 Å². The van der Waals surface area contributed by atoms with E-state index in [0.717, 1.165) is 33.1 Å². The largest absolute Gasteiger partial charge is 0.333 e. The lowest BCUT2D eigenvalue weighted by Crippen LogP contribution is -2.30. The van der Waals surface area contributed by atoms with E-state index in [-0.39, 0.29) is 5.70 Å². The minimum absolute atomic E-state index is 0.220. The highest BCUT2D eigenvalue weighted by Crippen LogP contribution is 2.28. The van der Waals surface area contributed by atoms with Gasteiger partial charge in [-0.05, 0) is 80.4 Å². The van der Waals surface area contributed by atoms with E-state index in [1.807, 2.05) is 45.0 Å². The zero-order valence-corrected chi connectivity index (χ0v) is 18.2. The first-order chi connectivity index (χ1) is 14.3. The Morgan fingerprint density at radius 1 is 0.900 bits per heavy atom. The topological polar surface area (TPSA) is 54.3 Å². The molecule has 0 unspecified atom stereocenters. The van der Waals surface area contributed by atoms with Crippen LogP contribution in [0.3, 0.4) is 0 Å². The highest BCUT2D eigenvalue weighted by molar-refractivity contribution is 6.31. The Balaban J connectivity index is 1.72. The second kappa shape index (κ2) is 7.67. The molecule has 2 heterocycles. The summed E-state index contributed by atoms with van der Waals surface area (Å²) in [5, 5.41) is 3.85. The molecule has 1 fully saturated rings. The van der Waals surface area contributed by atoms with E-state index in [1.165, 1.54) is 0 Å². The van der Waals surface area contributed by atoms with Crippen LogP contribution in [0.15, 0.2) is 54.2 Å². The number of nitrogens with one attached hydrogen (secondary N) is 1. The fourth-order valence-electron chi connectivity index (χ4n) is 3.64. The van der Waals surface area contributed by atoms with Gasteiger partial charge in [0.15, 0.2) is 0 Å². The van der Waals surface area contributed by atoms with Crippen LogP contribution in [0.1, 0.15) is 22.5 Å². The lowest BCUT2D eigenvalue weighted by atomic mass is 10.2. The van der Waals surface area contributed by atoms with Crippen LogP contribution in [0.4, 0.5) is 10.5 Å². The molecule has 1 saturated heterocycles. The maximum absolute atomic E-state index is 12.9. The number of hydrogen-bond acceptors (Lipinski definition) is 2. The number of carbonyl (C=O) groups is 2. The number of amides is 3. The van der Waals surface area contributed by atoms with Gasteiger partial charge < -0.3 is 9.88 Å².